The van der Waals surface area contributed by atoms with Gasteiger partial charge in [0.25, 0.3) is 0 Å². The second kappa shape index (κ2) is 9.55. The molecule has 3 nitrogen and oxygen atoms in total. The van der Waals surface area contributed by atoms with Crippen molar-refractivity contribution in [2.24, 2.45) is 5.92 Å². The number of rotatable bonds is 9. The van der Waals surface area contributed by atoms with Crippen LogP contribution < -0.4 is 5.32 Å². The van der Waals surface area contributed by atoms with Gasteiger partial charge in [-0.25, -0.2) is 0 Å². The minimum atomic E-state index is -0.461. The molecule has 0 spiro atoms. The maximum absolute atomic E-state index is 9.80. The molecule has 0 saturated heterocycles. The minimum Gasteiger partial charge on any atom is -0.389 e. The fraction of sp³-hybridized carbons (Fsp3) is 0.600. The van der Waals surface area contributed by atoms with Gasteiger partial charge in [0.1, 0.15) is 0 Å². The van der Waals surface area contributed by atoms with Crippen LogP contribution in [0.25, 0.3) is 0 Å². The average molecular weight is 377 g/mol. The summed E-state index contributed by atoms with van der Waals surface area (Å²) < 4.78 is 6.65. The van der Waals surface area contributed by atoms with Crippen molar-refractivity contribution in [2.45, 2.75) is 32.8 Å². The summed E-state index contributed by atoms with van der Waals surface area (Å²) in [6.07, 6.45) is 1.78. The van der Waals surface area contributed by atoms with E-state index in [0.717, 1.165) is 24.6 Å². The number of aliphatic hydroxyl groups is 1. The molecular weight excluding hydrogens is 353 g/mol. The lowest BCUT2D eigenvalue weighted by Crippen LogP contribution is -2.25. The average Bonchev–Trinajstić information content (AvgIpc) is 2.35. The van der Waals surface area contributed by atoms with Crippen molar-refractivity contribution < 1.29 is 9.84 Å². The quantitative estimate of drug-likeness (QED) is 0.511. The molecule has 0 saturated carbocycles. The molecule has 0 bridgehead atoms. The summed E-state index contributed by atoms with van der Waals surface area (Å²) in [6, 6.07) is 8.09. The van der Waals surface area contributed by atoms with E-state index in [0.29, 0.717) is 13.2 Å². The van der Waals surface area contributed by atoms with E-state index in [-0.39, 0.29) is 0 Å². The second-order valence-corrected chi connectivity index (χ2v) is 6.40. The first kappa shape index (κ1) is 16.7. The molecule has 1 aromatic carbocycles. The molecule has 0 aliphatic heterocycles. The van der Waals surface area contributed by atoms with Crippen molar-refractivity contribution in [3.63, 3.8) is 0 Å². The molecule has 0 heterocycles. The van der Waals surface area contributed by atoms with Gasteiger partial charge in [0.05, 0.1) is 12.7 Å². The number of anilines is 1. The van der Waals surface area contributed by atoms with Gasteiger partial charge in [0.2, 0.25) is 0 Å². The summed E-state index contributed by atoms with van der Waals surface area (Å²) in [4.78, 5) is 0. The van der Waals surface area contributed by atoms with E-state index >= 15 is 0 Å². The second-order valence-electron chi connectivity index (χ2n) is 5.16. The van der Waals surface area contributed by atoms with Crippen LogP contribution in [0.5, 0.6) is 0 Å². The molecule has 108 valence electrons. The highest BCUT2D eigenvalue weighted by Crippen LogP contribution is 2.12. The molecule has 4 heteroatoms. The highest BCUT2D eigenvalue weighted by Gasteiger charge is 2.04. The molecule has 1 atom stereocenters. The molecule has 1 aromatic rings. The van der Waals surface area contributed by atoms with Crippen molar-refractivity contribution in [1.82, 2.24) is 0 Å². The highest BCUT2D eigenvalue weighted by atomic mass is 127. The van der Waals surface area contributed by atoms with E-state index < -0.39 is 6.10 Å². The molecule has 19 heavy (non-hydrogen) atoms. The Morgan fingerprint density at radius 2 is 2.16 bits per heavy atom. The summed E-state index contributed by atoms with van der Waals surface area (Å²) in [6.45, 7) is 6.07. The molecule has 0 fully saturated rings. The predicted molar refractivity (Wildman–Crippen MR) is 88.5 cm³/mol. The minimum absolute atomic E-state index is 0.398. The molecule has 0 aliphatic carbocycles. The predicted octanol–water partition coefficient (Wildman–Crippen LogP) is 3.52. The van der Waals surface area contributed by atoms with Crippen LogP contribution >= 0.6 is 22.6 Å². The number of hydrogen-bond donors (Lipinski definition) is 2. The van der Waals surface area contributed by atoms with Gasteiger partial charge in [-0.2, -0.15) is 0 Å². The monoisotopic (exact) mass is 377 g/mol. The topological polar surface area (TPSA) is 41.5 Å². The maximum atomic E-state index is 9.80. The summed E-state index contributed by atoms with van der Waals surface area (Å²) in [5, 5.41) is 13.0. The third kappa shape index (κ3) is 8.44. The molecule has 1 unspecified atom stereocenters. The lowest BCUT2D eigenvalue weighted by molar-refractivity contribution is 0.0409. The Kier molecular flexibility index (Phi) is 8.41. The Bertz CT molecular complexity index is 358. The number of hydrogen-bond acceptors (Lipinski definition) is 3. The number of benzene rings is 1. The van der Waals surface area contributed by atoms with Crippen molar-refractivity contribution in [3.05, 3.63) is 27.8 Å². The molecule has 0 radical (unpaired) electrons. The first-order valence-electron chi connectivity index (χ1n) is 6.83. The number of halogens is 1. The Morgan fingerprint density at radius 3 is 2.84 bits per heavy atom. The van der Waals surface area contributed by atoms with E-state index in [1.165, 1.54) is 9.99 Å². The zero-order valence-corrected chi connectivity index (χ0v) is 13.9. The van der Waals surface area contributed by atoms with Crippen molar-refractivity contribution in [2.75, 3.05) is 25.1 Å². The van der Waals surface area contributed by atoms with Crippen molar-refractivity contribution in [3.8, 4) is 0 Å². The highest BCUT2D eigenvalue weighted by molar-refractivity contribution is 14.1. The Labute approximate surface area is 129 Å². The van der Waals surface area contributed by atoms with Crippen LogP contribution in [0.4, 0.5) is 5.69 Å². The summed E-state index contributed by atoms with van der Waals surface area (Å²) >= 11 is 2.27. The van der Waals surface area contributed by atoms with Crippen LogP contribution in [-0.2, 0) is 4.74 Å². The largest absolute Gasteiger partial charge is 0.389 e. The lowest BCUT2D eigenvalue weighted by Gasteiger charge is -2.13. The maximum Gasteiger partial charge on any atom is 0.0945 e. The van der Waals surface area contributed by atoms with Gasteiger partial charge in [0, 0.05) is 22.4 Å². The van der Waals surface area contributed by atoms with E-state index in [1.807, 2.05) is 18.2 Å². The van der Waals surface area contributed by atoms with Crippen LogP contribution in [-0.4, -0.2) is 31.0 Å². The lowest BCUT2D eigenvalue weighted by atomic mass is 10.1. The van der Waals surface area contributed by atoms with Gasteiger partial charge < -0.3 is 15.2 Å². The van der Waals surface area contributed by atoms with E-state index in [9.17, 15) is 5.11 Å². The van der Waals surface area contributed by atoms with E-state index in [1.54, 1.807) is 0 Å². The zero-order chi connectivity index (χ0) is 14.1. The normalized spacial score (nSPS) is 12.7. The number of nitrogens with one attached hydrogen (secondary N) is 1. The molecule has 0 aliphatic rings. The Hall–Kier alpha value is -0.330. The number of aliphatic hydroxyl groups excluding tert-OH is 1. The van der Waals surface area contributed by atoms with Crippen molar-refractivity contribution in [1.29, 1.82) is 0 Å². The van der Waals surface area contributed by atoms with Gasteiger partial charge in [-0.1, -0.05) is 19.9 Å². The van der Waals surface area contributed by atoms with Gasteiger partial charge >= 0.3 is 0 Å². The molecular formula is C15H24INO2. The van der Waals surface area contributed by atoms with Crippen LogP contribution in [0.2, 0.25) is 0 Å². The summed E-state index contributed by atoms with van der Waals surface area (Å²) in [5.74, 6) is 0.718. The van der Waals surface area contributed by atoms with E-state index in [4.69, 9.17) is 4.74 Å². The van der Waals surface area contributed by atoms with Gasteiger partial charge in [-0.3, -0.25) is 0 Å². The fourth-order valence-corrected chi connectivity index (χ4v) is 2.25. The fourth-order valence-electron chi connectivity index (χ4n) is 1.71. The third-order valence-electron chi connectivity index (χ3n) is 2.75. The standard InChI is InChI=1S/C15H24INO2/c1-12(2)5-4-8-19-11-15(18)10-17-14-7-3-6-13(16)9-14/h3,6-7,9,12,15,17-18H,4-5,8,10-11H2,1-2H3. The van der Waals surface area contributed by atoms with Gasteiger partial charge in [-0.05, 0) is 59.5 Å². The van der Waals surface area contributed by atoms with Crippen LogP contribution in [0.3, 0.4) is 0 Å². The van der Waals surface area contributed by atoms with Crippen LogP contribution in [0, 0.1) is 9.49 Å². The molecule has 2 N–H and O–H groups in total. The molecule has 0 amide bonds. The number of ether oxygens (including phenoxy) is 1. The Balaban J connectivity index is 2.09. The first-order chi connectivity index (χ1) is 9.08. The molecule has 0 aromatic heterocycles. The van der Waals surface area contributed by atoms with Gasteiger partial charge in [-0.15, -0.1) is 0 Å². The summed E-state index contributed by atoms with van der Waals surface area (Å²) in [7, 11) is 0. The summed E-state index contributed by atoms with van der Waals surface area (Å²) in [5.41, 5.74) is 1.03. The smallest absolute Gasteiger partial charge is 0.0945 e. The zero-order valence-electron chi connectivity index (χ0n) is 11.7. The van der Waals surface area contributed by atoms with Crippen molar-refractivity contribution >= 4 is 28.3 Å². The SMILES string of the molecule is CC(C)CCCOCC(O)CNc1cccc(I)c1. The van der Waals surface area contributed by atoms with E-state index in [2.05, 4.69) is 47.8 Å². The Morgan fingerprint density at radius 1 is 1.37 bits per heavy atom. The molecule has 1 rings (SSSR count). The van der Waals surface area contributed by atoms with Crippen LogP contribution in [0.15, 0.2) is 24.3 Å². The van der Waals surface area contributed by atoms with Crippen LogP contribution in [0.1, 0.15) is 26.7 Å². The third-order valence-corrected chi connectivity index (χ3v) is 3.42. The van der Waals surface area contributed by atoms with Gasteiger partial charge in [0.15, 0.2) is 0 Å². The first-order valence-corrected chi connectivity index (χ1v) is 7.91.